The van der Waals surface area contributed by atoms with Gasteiger partial charge >= 0.3 is 0 Å². The molecule has 1 aliphatic carbocycles. The first-order chi connectivity index (χ1) is 7.22. The van der Waals surface area contributed by atoms with Crippen molar-refractivity contribution in [1.82, 2.24) is 10.2 Å². The summed E-state index contributed by atoms with van der Waals surface area (Å²) < 4.78 is 5.87. The van der Waals surface area contributed by atoms with Crippen molar-refractivity contribution in [2.24, 2.45) is 0 Å². The van der Waals surface area contributed by atoms with E-state index < -0.39 is 0 Å². The van der Waals surface area contributed by atoms with Crippen LogP contribution >= 0.6 is 0 Å². The molecule has 0 unspecified atom stereocenters. The van der Waals surface area contributed by atoms with Crippen LogP contribution < -0.4 is 5.32 Å². The number of nitrogens with one attached hydrogen (secondary N) is 1. The van der Waals surface area contributed by atoms with Crippen LogP contribution in [0.1, 0.15) is 32.1 Å². The van der Waals surface area contributed by atoms with Crippen molar-refractivity contribution in [2.75, 3.05) is 34.3 Å². The molecule has 0 radical (unpaired) electrons. The summed E-state index contributed by atoms with van der Waals surface area (Å²) >= 11 is 0. The van der Waals surface area contributed by atoms with Crippen molar-refractivity contribution in [3.63, 3.8) is 0 Å². The molecule has 1 N–H and O–H groups in total. The number of hydrogen-bond acceptors (Lipinski definition) is 3. The van der Waals surface area contributed by atoms with Crippen LogP contribution in [0.25, 0.3) is 0 Å². The van der Waals surface area contributed by atoms with Crippen LogP contribution in [0.2, 0.25) is 0 Å². The highest BCUT2D eigenvalue weighted by Crippen LogP contribution is 2.20. The van der Waals surface area contributed by atoms with Crippen molar-refractivity contribution < 1.29 is 4.74 Å². The van der Waals surface area contributed by atoms with Crippen molar-refractivity contribution in [3.8, 4) is 0 Å². The van der Waals surface area contributed by atoms with Crippen molar-refractivity contribution in [2.45, 2.75) is 44.2 Å². The number of nitrogens with zero attached hydrogens (tertiary/aromatic N) is 1. The van der Waals surface area contributed by atoms with E-state index in [2.05, 4.69) is 31.4 Å². The smallest absolute Gasteiger partial charge is 0.0576 e. The predicted molar refractivity (Wildman–Crippen MR) is 64.2 cm³/mol. The van der Waals surface area contributed by atoms with E-state index in [1.807, 2.05) is 0 Å². The molecule has 1 rings (SSSR count). The summed E-state index contributed by atoms with van der Waals surface area (Å²) in [5.74, 6) is 0. The minimum Gasteiger partial charge on any atom is -0.378 e. The third kappa shape index (κ3) is 5.50. The topological polar surface area (TPSA) is 24.5 Å². The van der Waals surface area contributed by atoms with Gasteiger partial charge in [0.1, 0.15) is 0 Å². The van der Waals surface area contributed by atoms with Crippen molar-refractivity contribution in [3.05, 3.63) is 0 Å². The van der Waals surface area contributed by atoms with Gasteiger partial charge in [-0.15, -0.1) is 0 Å². The molecule has 3 heteroatoms. The summed E-state index contributed by atoms with van der Waals surface area (Å²) in [5, 5.41) is 3.34. The minimum absolute atomic E-state index is 0.525. The number of hydrogen-bond donors (Lipinski definition) is 1. The number of ether oxygens (including phenoxy) is 1. The fourth-order valence-corrected chi connectivity index (χ4v) is 2.15. The van der Waals surface area contributed by atoms with Gasteiger partial charge in [-0.1, -0.05) is 0 Å². The van der Waals surface area contributed by atoms with E-state index in [0.717, 1.165) is 25.6 Å². The lowest BCUT2D eigenvalue weighted by Gasteiger charge is -2.28. The molecular weight excluding hydrogens is 188 g/mol. The van der Waals surface area contributed by atoms with Gasteiger partial charge in [0.05, 0.1) is 6.10 Å². The molecule has 0 spiro atoms. The van der Waals surface area contributed by atoms with Gasteiger partial charge in [0.25, 0.3) is 0 Å². The molecule has 3 nitrogen and oxygen atoms in total. The van der Waals surface area contributed by atoms with E-state index in [0.29, 0.717) is 6.10 Å². The Balaban J connectivity index is 1.99. The second-order valence-corrected chi connectivity index (χ2v) is 4.79. The molecule has 15 heavy (non-hydrogen) atoms. The summed E-state index contributed by atoms with van der Waals surface area (Å²) in [4.78, 5) is 2.21. The van der Waals surface area contributed by atoms with Crippen LogP contribution in [0.5, 0.6) is 0 Å². The van der Waals surface area contributed by atoms with Crippen LogP contribution in [-0.2, 0) is 4.74 Å². The van der Waals surface area contributed by atoms with Gasteiger partial charge in [0, 0.05) is 12.6 Å². The Kier molecular flexibility index (Phi) is 6.22. The first kappa shape index (κ1) is 12.9. The Hall–Kier alpha value is -0.120. The van der Waals surface area contributed by atoms with Crippen LogP contribution in [-0.4, -0.2) is 51.3 Å². The molecule has 90 valence electrons. The lowest BCUT2D eigenvalue weighted by atomic mass is 9.93. The Labute approximate surface area is 94.2 Å². The first-order valence-electron chi connectivity index (χ1n) is 6.16. The van der Waals surface area contributed by atoms with E-state index in [1.54, 1.807) is 0 Å². The Morgan fingerprint density at radius 2 is 1.87 bits per heavy atom. The van der Waals surface area contributed by atoms with Gasteiger partial charge in [-0.05, 0) is 59.8 Å². The normalized spacial score (nSPS) is 27.2. The first-order valence-corrected chi connectivity index (χ1v) is 6.16. The highest BCUT2D eigenvalue weighted by molar-refractivity contribution is 4.76. The lowest BCUT2D eigenvalue weighted by Crippen LogP contribution is -2.33. The molecule has 0 bridgehead atoms. The van der Waals surface area contributed by atoms with Gasteiger partial charge in [0.15, 0.2) is 0 Å². The fraction of sp³-hybridized carbons (Fsp3) is 1.00. The van der Waals surface area contributed by atoms with E-state index in [-0.39, 0.29) is 0 Å². The molecular formula is C12H26N2O. The largest absolute Gasteiger partial charge is 0.378 e. The highest BCUT2D eigenvalue weighted by Gasteiger charge is 2.19. The summed E-state index contributed by atoms with van der Waals surface area (Å²) in [6.45, 7) is 2.05. The maximum absolute atomic E-state index is 5.87. The molecule has 0 amide bonds. The van der Waals surface area contributed by atoms with Gasteiger partial charge in [-0.25, -0.2) is 0 Å². The molecule has 0 saturated heterocycles. The lowest BCUT2D eigenvalue weighted by molar-refractivity contribution is 0.0198. The molecule has 0 aromatic carbocycles. The Bertz CT molecular complexity index is 154. The molecule has 0 atom stereocenters. The molecule has 0 aliphatic heterocycles. The van der Waals surface area contributed by atoms with Crippen molar-refractivity contribution in [1.29, 1.82) is 0 Å². The second kappa shape index (κ2) is 7.20. The second-order valence-electron chi connectivity index (χ2n) is 4.79. The van der Waals surface area contributed by atoms with E-state index in [9.17, 15) is 0 Å². The highest BCUT2D eigenvalue weighted by atomic mass is 16.5. The van der Waals surface area contributed by atoms with Gasteiger partial charge in [0.2, 0.25) is 0 Å². The monoisotopic (exact) mass is 214 g/mol. The Morgan fingerprint density at radius 1 is 1.20 bits per heavy atom. The van der Waals surface area contributed by atoms with E-state index >= 15 is 0 Å². The molecule has 0 aromatic heterocycles. The molecule has 1 saturated carbocycles. The van der Waals surface area contributed by atoms with Gasteiger partial charge in [-0.3, -0.25) is 0 Å². The van der Waals surface area contributed by atoms with E-state index in [4.69, 9.17) is 4.74 Å². The zero-order chi connectivity index (χ0) is 11.1. The van der Waals surface area contributed by atoms with Crippen molar-refractivity contribution >= 4 is 0 Å². The maximum Gasteiger partial charge on any atom is 0.0576 e. The van der Waals surface area contributed by atoms with Crippen LogP contribution in [0.15, 0.2) is 0 Å². The Morgan fingerprint density at radius 3 is 2.40 bits per heavy atom. The fourth-order valence-electron chi connectivity index (χ4n) is 2.15. The molecule has 1 fully saturated rings. The average Bonchev–Trinajstić information content (AvgIpc) is 2.25. The zero-order valence-electron chi connectivity index (χ0n) is 10.5. The van der Waals surface area contributed by atoms with Gasteiger partial charge < -0.3 is 15.0 Å². The van der Waals surface area contributed by atoms with Gasteiger partial charge in [-0.2, -0.15) is 0 Å². The van der Waals surface area contributed by atoms with Crippen LogP contribution in [0, 0.1) is 0 Å². The standard InChI is InChI=1S/C12H26N2O/c1-13-11-5-7-12(8-6-11)15-10-4-9-14(2)3/h11-13H,4-10H2,1-3H3. The summed E-state index contributed by atoms with van der Waals surface area (Å²) in [7, 11) is 6.28. The SMILES string of the molecule is CNC1CCC(OCCCN(C)C)CC1. The zero-order valence-corrected chi connectivity index (χ0v) is 10.5. The average molecular weight is 214 g/mol. The molecule has 1 aliphatic rings. The molecule has 0 heterocycles. The third-order valence-electron chi connectivity index (χ3n) is 3.19. The summed E-state index contributed by atoms with van der Waals surface area (Å²) in [5.41, 5.74) is 0. The third-order valence-corrected chi connectivity index (χ3v) is 3.19. The maximum atomic E-state index is 5.87. The predicted octanol–water partition coefficient (Wildman–Crippen LogP) is 1.49. The van der Waals surface area contributed by atoms with Crippen LogP contribution in [0.4, 0.5) is 0 Å². The summed E-state index contributed by atoms with van der Waals surface area (Å²) in [6.07, 6.45) is 6.68. The molecule has 0 aromatic rings. The summed E-state index contributed by atoms with van der Waals surface area (Å²) in [6, 6.07) is 0.728. The quantitative estimate of drug-likeness (QED) is 0.678. The minimum atomic E-state index is 0.525. The van der Waals surface area contributed by atoms with E-state index in [1.165, 1.54) is 25.7 Å². The number of rotatable bonds is 6. The van der Waals surface area contributed by atoms with Crippen LogP contribution in [0.3, 0.4) is 0 Å².